The zero-order chi connectivity index (χ0) is 13.1. The molecule has 0 atom stereocenters. The minimum atomic E-state index is -1.02. The summed E-state index contributed by atoms with van der Waals surface area (Å²) in [5.74, 6) is -0.343. The zero-order valence-electron chi connectivity index (χ0n) is 9.83. The minimum Gasteiger partial charge on any atom is -0.394 e. The van der Waals surface area contributed by atoms with Crippen molar-refractivity contribution in [2.75, 3.05) is 13.2 Å². The van der Waals surface area contributed by atoms with Crippen molar-refractivity contribution in [2.45, 2.75) is 19.4 Å². The fourth-order valence-corrected chi connectivity index (χ4v) is 1.58. The Balaban J connectivity index is 2.90. The van der Waals surface area contributed by atoms with Gasteiger partial charge < -0.3 is 15.5 Å². The Morgan fingerprint density at radius 3 is 2.47 bits per heavy atom. The Hall–Kier alpha value is -1.10. The van der Waals surface area contributed by atoms with Crippen molar-refractivity contribution >= 4 is 17.5 Å². The number of carbonyl (C=O) groups excluding carboxylic acids is 1. The van der Waals surface area contributed by atoms with Gasteiger partial charge in [0.25, 0.3) is 5.91 Å². The number of aliphatic hydroxyl groups excluding tert-OH is 2. The van der Waals surface area contributed by atoms with Crippen LogP contribution in [0.25, 0.3) is 0 Å². The Morgan fingerprint density at radius 1 is 1.41 bits per heavy atom. The molecule has 0 aliphatic carbocycles. The first-order valence-electron chi connectivity index (χ1n) is 5.22. The van der Waals surface area contributed by atoms with Crippen LogP contribution < -0.4 is 5.32 Å². The van der Waals surface area contributed by atoms with Gasteiger partial charge in [-0.2, -0.15) is 0 Å². The normalized spacial score (nSPS) is 11.4. The molecule has 0 unspecified atom stereocenters. The Bertz CT molecular complexity index is 416. The van der Waals surface area contributed by atoms with Gasteiger partial charge in [0.15, 0.2) is 0 Å². The van der Waals surface area contributed by atoms with Crippen LogP contribution in [0.1, 0.15) is 22.8 Å². The second-order valence-electron chi connectivity index (χ2n) is 4.29. The van der Waals surface area contributed by atoms with Gasteiger partial charge >= 0.3 is 0 Å². The summed E-state index contributed by atoms with van der Waals surface area (Å²) < 4.78 is 0. The molecule has 0 spiro atoms. The summed E-state index contributed by atoms with van der Waals surface area (Å²) in [6.07, 6.45) is 0. The summed E-state index contributed by atoms with van der Waals surface area (Å²) in [7, 11) is 0. The fourth-order valence-electron chi connectivity index (χ4n) is 1.35. The number of hydrogen-bond donors (Lipinski definition) is 3. The molecule has 4 nitrogen and oxygen atoms in total. The lowest BCUT2D eigenvalue weighted by molar-refractivity contribution is 0.0723. The highest BCUT2D eigenvalue weighted by molar-refractivity contribution is 6.30. The van der Waals surface area contributed by atoms with Gasteiger partial charge in [-0.25, -0.2) is 0 Å². The average Bonchev–Trinajstić information content (AvgIpc) is 2.28. The molecule has 3 N–H and O–H groups in total. The highest BCUT2D eigenvalue weighted by atomic mass is 35.5. The summed E-state index contributed by atoms with van der Waals surface area (Å²) in [5, 5.41) is 21.3. The van der Waals surface area contributed by atoms with Crippen molar-refractivity contribution in [1.82, 2.24) is 5.32 Å². The number of nitrogens with one attached hydrogen (secondary N) is 1. The molecule has 0 radical (unpaired) electrons. The van der Waals surface area contributed by atoms with Crippen LogP contribution in [0, 0.1) is 6.92 Å². The largest absolute Gasteiger partial charge is 0.394 e. The Morgan fingerprint density at radius 2 is 2.00 bits per heavy atom. The molecule has 1 rings (SSSR count). The minimum absolute atomic E-state index is 0.331. The van der Waals surface area contributed by atoms with Gasteiger partial charge in [0.05, 0.1) is 18.8 Å². The molecule has 1 amide bonds. The number of amides is 1. The maximum Gasteiger partial charge on any atom is 0.252 e. The summed E-state index contributed by atoms with van der Waals surface area (Å²) in [4.78, 5) is 11.9. The number of aryl methyl sites for hydroxylation is 1. The molecule has 0 fully saturated rings. The maximum atomic E-state index is 11.9. The highest BCUT2D eigenvalue weighted by Crippen LogP contribution is 2.16. The van der Waals surface area contributed by atoms with Gasteiger partial charge in [-0.1, -0.05) is 11.6 Å². The topological polar surface area (TPSA) is 69.6 Å². The fraction of sp³-hybridized carbons (Fsp3) is 0.417. The van der Waals surface area contributed by atoms with E-state index in [0.717, 1.165) is 5.56 Å². The van der Waals surface area contributed by atoms with Crippen molar-refractivity contribution in [3.05, 3.63) is 34.3 Å². The van der Waals surface area contributed by atoms with E-state index in [-0.39, 0.29) is 19.1 Å². The number of rotatable bonds is 4. The second-order valence-corrected chi connectivity index (χ2v) is 4.73. The summed E-state index contributed by atoms with van der Waals surface area (Å²) in [6.45, 7) is 2.68. The van der Waals surface area contributed by atoms with Gasteiger partial charge in [-0.15, -0.1) is 0 Å². The zero-order valence-corrected chi connectivity index (χ0v) is 10.6. The van der Waals surface area contributed by atoms with Crippen LogP contribution in [0.3, 0.4) is 0 Å². The first-order valence-corrected chi connectivity index (χ1v) is 5.60. The van der Waals surface area contributed by atoms with Crippen molar-refractivity contribution in [3.8, 4) is 0 Å². The van der Waals surface area contributed by atoms with E-state index in [1.165, 1.54) is 0 Å². The molecular formula is C12H16ClNO3. The molecule has 1 aromatic rings. The lowest BCUT2D eigenvalue weighted by Gasteiger charge is -2.26. The van der Waals surface area contributed by atoms with E-state index in [1.807, 2.05) is 0 Å². The quantitative estimate of drug-likeness (QED) is 0.757. The second kappa shape index (κ2) is 5.49. The van der Waals surface area contributed by atoms with E-state index in [2.05, 4.69) is 5.32 Å². The van der Waals surface area contributed by atoms with E-state index in [4.69, 9.17) is 21.8 Å². The number of aliphatic hydroxyl groups is 2. The van der Waals surface area contributed by atoms with Gasteiger partial charge in [-0.3, -0.25) is 4.79 Å². The van der Waals surface area contributed by atoms with E-state index in [9.17, 15) is 4.79 Å². The molecule has 0 saturated carbocycles. The van der Waals surface area contributed by atoms with E-state index >= 15 is 0 Å². The van der Waals surface area contributed by atoms with Crippen molar-refractivity contribution < 1.29 is 15.0 Å². The third kappa shape index (κ3) is 3.43. The molecular weight excluding hydrogens is 242 g/mol. The highest BCUT2D eigenvalue weighted by Gasteiger charge is 2.25. The van der Waals surface area contributed by atoms with Crippen molar-refractivity contribution in [2.24, 2.45) is 0 Å². The van der Waals surface area contributed by atoms with Crippen LogP contribution in [0.4, 0.5) is 0 Å². The molecule has 0 aliphatic heterocycles. The number of carbonyl (C=O) groups is 1. The lowest BCUT2D eigenvalue weighted by atomic mass is 10.0. The van der Waals surface area contributed by atoms with Crippen molar-refractivity contribution in [3.63, 3.8) is 0 Å². The monoisotopic (exact) mass is 257 g/mol. The predicted molar refractivity (Wildman–Crippen MR) is 66.2 cm³/mol. The van der Waals surface area contributed by atoms with E-state index in [1.54, 1.807) is 32.0 Å². The third-order valence-corrected chi connectivity index (χ3v) is 2.78. The smallest absolute Gasteiger partial charge is 0.252 e. The van der Waals surface area contributed by atoms with E-state index in [0.29, 0.717) is 10.6 Å². The van der Waals surface area contributed by atoms with Crippen LogP contribution in [-0.4, -0.2) is 34.9 Å². The molecule has 5 heteroatoms. The number of halogens is 1. The van der Waals surface area contributed by atoms with Crippen LogP contribution in [0.2, 0.25) is 5.02 Å². The van der Waals surface area contributed by atoms with Crippen LogP contribution in [0.5, 0.6) is 0 Å². The Labute approximate surface area is 105 Å². The van der Waals surface area contributed by atoms with Crippen molar-refractivity contribution in [1.29, 1.82) is 0 Å². The lowest BCUT2D eigenvalue weighted by Crippen LogP contribution is -2.51. The average molecular weight is 258 g/mol. The Kier molecular flexibility index (Phi) is 4.51. The van der Waals surface area contributed by atoms with Crippen LogP contribution in [0.15, 0.2) is 18.2 Å². The van der Waals surface area contributed by atoms with Gasteiger partial charge in [0.2, 0.25) is 0 Å². The van der Waals surface area contributed by atoms with Gasteiger partial charge in [-0.05, 0) is 37.6 Å². The van der Waals surface area contributed by atoms with Crippen LogP contribution in [-0.2, 0) is 0 Å². The first kappa shape index (κ1) is 14.0. The van der Waals surface area contributed by atoms with Gasteiger partial charge in [0, 0.05) is 10.6 Å². The van der Waals surface area contributed by atoms with E-state index < -0.39 is 5.54 Å². The predicted octanol–water partition coefficient (Wildman–Crippen LogP) is 1.12. The molecule has 0 aromatic heterocycles. The molecule has 0 saturated heterocycles. The first-order chi connectivity index (χ1) is 7.91. The molecule has 1 aromatic carbocycles. The molecule has 0 aliphatic rings. The molecule has 0 bridgehead atoms. The summed E-state index contributed by atoms with van der Waals surface area (Å²) in [5.41, 5.74) is 0.194. The molecule has 94 valence electrons. The summed E-state index contributed by atoms with van der Waals surface area (Å²) >= 11 is 5.80. The molecule has 0 heterocycles. The summed E-state index contributed by atoms with van der Waals surface area (Å²) in [6, 6.07) is 4.92. The third-order valence-electron chi connectivity index (χ3n) is 2.55. The number of hydrogen-bond acceptors (Lipinski definition) is 3. The standard InChI is InChI=1S/C12H16ClNO3/c1-8-5-9(13)3-4-10(8)11(17)14-12(2,6-15)7-16/h3-5,15-16H,6-7H2,1-2H3,(H,14,17). The number of benzene rings is 1. The van der Waals surface area contributed by atoms with Crippen LogP contribution >= 0.6 is 11.6 Å². The van der Waals surface area contributed by atoms with Gasteiger partial charge in [0.1, 0.15) is 0 Å². The maximum absolute atomic E-state index is 11.9. The molecule has 17 heavy (non-hydrogen) atoms. The SMILES string of the molecule is Cc1cc(Cl)ccc1C(=O)NC(C)(CO)CO.